The van der Waals surface area contributed by atoms with Crippen LogP contribution in [0, 0.1) is 0 Å². The zero-order chi connectivity index (χ0) is 23.3. The Labute approximate surface area is 215 Å². The highest BCUT2D eigenvalue weighted by Gasteiger charge is 2.46. The molecule has 2 fully saturated rings. The Hall–Kier alpha value is 0.537. The van der Waals surface area contributed by atoms with Gasteiger partial charge in [-0.1, -0.05) is 57.2 Å². The van der Waals surface area contributed by atoms with Gasteiger partial charge in [0.1, 0.15) is 0 Å². The summed E-state index contributed by atoms with van der Waals surface area (Å²) in [5, 5.41) is 0.219. The lowest BCUT2D eigenvalue weighted by atomic mass is 10.0. The number of allylic oxidation sites excluding steroid dienone is 1. The summed E-state index contributed by atoms with van der Waals surface area (Å²) >= 11 is 8.66. The molecule has 1 aromatic rings. The van der Waals surface area contributed by atoms with Crippen LogP contribution in [0.2, 0.25) is 18.1 Å². The molecule has 6 heteroatoms. The van der Waals surface area contributed by atoms with Crippen LogP contribution in [0.5, 0.6) is 0 Å². The first-order valence-corrected chi connectivity index (χ1v) is 18.9. The highest BCUT2D eigenvalue weighted by molar-refractivity contribution is 8.19. The zero-order valence-electron chi connectivity index (χ0n) is 20.7. The molecule has 2 aliphatic rings. The van der Waals surface area contributed by atoms with Gasteiger partial charge in [0.2, 0.25) is 0 Å². The van der Waals surface area contributed by atoms with Gasteiger partial charge >= 0.3 is 0 Å². The minimum Gasteiger partial charge on any atom is -0.414 e. The van der Waals surface area contributed by atoms with E-state index in [1.807, 2.05) is 0 Å². The third kappa shape index (κ3) is 6.81. The summed E-state index contributed by atoms with van der Waals surface area (Å²) < 4.78 is 7.60. The Bertz CT molecular complexity index is 719. The molecule has 2 aliphatic heterocycles. The largest absolute Gasteiger partial charge is 0.414 e. The van der Waals surface area contributed by atoms with Gasteiger partial charge in [-0.25, -0.2) is 0 Å². The molecule has 3 rings (SSSR count). The molecule has 1 aromatic carbocycles. The molecule has 2 saturated heterocycles. The van der Waals surface area contributed by atoms with Crippen molar-refractivity contribution in [3.05, 3.63) is 48.6 Å². The van der Waals surface area contributed by atoms with Crippen LogP contribution in [-0.2, 0) is 8.51 Å². The van der Waals surface area contributed by atoms with E-state index in [1.165, 1.54) is 41.4 Å². The van der Waals surface area contributed by atoms with Gasteiger partial charge in [0.05, 0.1) is 8.16 Å². The third-order valence-corrected chi connectivity index (χ3v) is 18.3. The van der Waals surface area contributed by atoms with Crippen molar-refractivity contribution in [1.29, 1.82) is 0 Å². The topological polar surface area (TPSA) is 9.23 Å². The Morgan fingerprint density at radius 2 is 1.53 bits per heavy atom. The molecule has 0 N–H and O–H groups in total. The van der Waals surface area contributed by atoms with Crippen LogP contribution >= 0.6 is 47.0 Å². The predicted molar refractivity (Wildman–Crippen MR) is 156 cm³/mol. The van der Waals surface area contributed by atoms with E-state index in [0.29, 0.717) is 0 Å². The van der Waals surface area contributed by atoms with Crippen molar-refractivity contribution in [2.75, 3.05) is 23.0 Å². The molecule has 0 spiro atoms. The molecular formula is C26H42OS4Si. The van der Waals surface area contributed by atoms with Crippen molar-refractivity contribution < 1.29 is 4.43 Å². The molecule has 0 unspecified atom stereocenters. The fourth-order valence-corrected chi connectivity index (χ4v) is 12.5. The predicted octanol–water partition coefficient (Wildman–Crippen LogP) is 9.02. The van der Waals surface area contributed by atoms with E-state index in [2.05, 4.69) is 124 Å². The van der Waals surface area contributed by atoms with E-state index in [4.69, 9.17) is 4.43 Å². The maximum atomic E-state index is 7.28. The van der Waals surface area contributed by atoms with Crippen molar-refractivity contribution >= 4 is 55.4 Å². The Balaban J connectivity index is 1.94. The van der Waals surface area contributed by atoms with E-state index in [9.17, 15) is 0 Å². The molecule has 0 aliphatic carbocycles. The number of hydrogen-bond donors (Lipinski definition) is 0. The van der Waals surface area contributed by atoms with E-state index in [1.54, 1.807) is 0 Å². The van der Waals surface area contributed by atoms with Crippen molar-refractivity contribution in [2.24, 2.45) is 0 Å². The van der Waals surface area contributed by atoms with Gasteiger partial charge in [-0.05, 0) is 72.4 Å². The molecule has 0 saturated carbocycles. The molecule has 0 aromatic heterocycles. The van der Waals surface area contributed by atoms with Crippen LogP contribution in [0.4, 0.5) is 0 Å². The quantitative estimate of drug-likeness (QED) is 0.234. The molecule has 180 valence electrons. The van der Waals surface area contributed by atoms with E-state index >= 15 is 0 Å². The maximum Gasteiger partial charge on any atom is 0.192 e. The second-order valence-electron chi connectivity index (χ2n) is 10.5. The average Bonchev–Trinajstić information content (AvgIpc) is 2.74. The summed E-state index contributed by atoms with van der Waals surface area (Å²) in [7, 11) is -1.89. The van der Waals surface area contributed by atoms with E-state index in [0.717, 1.165) is 19.3 Å². The molecular weight excluding hydrogens is 485 g/mol. The van der Waals surface area contributed by atoms with Crippen LogP contribution in [0.1, 0.15) is 58.4 Å². The highest BCUT2D eigenvalue weighted by atomic mass is 32.2. The fourth-order valence-electron chi connectivity index (χ4n) is 4.22. The van der Waals surface area contributed by atoms with Gasteiger partial charge in [-0.2, -0.15) is 0 Å². The minimum absolute atomic E-state index is 0.103. The maximum absolute atomic E-state index is 7.28. The van der Waals surface area contributed by atoms with Gasteiger partial charge < -0.3 is 4.43 Å². The van der Waals surface area contributed by atoms with Gasteiger partial charge in [0, 0.05) is 12.5 Å². The van der Waals surface area contributed by atoms with Crippen molar-refractivity contribution in [3.8, 4) is 0 Å². The van der Waals surface area contributed by atoms with Crippen molar-refractivity contribution in [2.45, 2.75) is 85.3 Å². The van der Waals surface area contributed by atoms with E-state index < -0.39 is 8.32 Å². The Kier molecular flexibility index (Phi) is 9.76. The summed E-state index contributed by atoms with van der Waals surface area (Å²) in [6, 6.07) is 11.3. The Morgan fingerprint density at radius 1 is 0.969 bits per heavy atom. The lowest BCUT2D eigenvalue weighted by molar-refractivity contribution is 0.154. The van der Waals surface area contributed by atoms with Crippen LogP contribution in [-0.4, -0.2) is 41.5 Å². The van der Waals surface area contributed by atoms with E-state index in [-0.39, 0.29) is 19.3 Å². The lowest BCUT2D eigenvalue weighted by Crippen LogP contribution is -2.47. The SMILES string of the molecule is C=CCC1(C[C@H](CC2(c3ccccc3)SCCCS2)O[Si](C)(C)C(C)(C)C)SCCCS1. The van der Waals surface area contributed by atoms with Crippen LogP contribution in [0.25, 0.3) is 0 Å². The third-order valence-electron chi connectivity index (χ3n) is 6.95. The number of thioether (sulfide) groups is 4. The first-order valence-electron chi connectivity index (χ1n) is 12.0. The monoisotopic (exact) mass is 526 g/mol. The summed E-state index contributed by atoms with van der Waals surface area (Å²) in [5.74, 6) is 5.02. The van der Waals surface area contributed by atoms with Gasteiger partial charge in [0.25, 0.3) is 0 Å². The van der Waals surface area contributed by atoms with Crippen molar-refractivity contribution in [3.63, 3.8) is 0 Å². The van der Waals surface area contributed by atoms with Crippen LogP contribution < -0.4 is 0 Å². The normalized spacial score (nSPS) is 22.3. The summed E-state index contributed by atoms with van der Waals surface area (Å²) in [5.41, 5.74) is 1.47. The molecule has 0 bridgehead atoms. The summed E-state index contributed by atoms with van der Waals surface area (Å²) in [4.78, 5) is 0. The zero-order valence-corrected chi connectivity index (χ0v) is 24.9. The summed E-state index contributed by atoms with van der Waals surface area (Å²) in [6.07, 6.45) is 8.33. The molecule has 1 atom stereocenters. The van der Waals surface area contributed by atoms with Gasteiger partial charge in [-0.3, -0.25) is 0 Å². The second kappa shape index (κ2) is 11.5. The first kappa shape index (κ1) is 27.1. The minimum atomic E-state index is -1.89. The van der Waals surface area contributed by atoms with Crippen LogP contribution in [0.15, 0.2) is 43.0 Å². The fraction of sp³-hybridized carbons (Fsp3) is 0.692. The molecule has 0 amide bonds. The lowest BCUT2D eigenvalue weighted by Gasteiger charge is -2.46. The number of rotatable bonds is 9. The summed E-state index contributed by atoms with van der Waals surface area (Å²) in [6.45, 7) is 16.1. The highest BCUT2D eigenvalue weighted by Crippen LogP contribution is 2.56. The molecule has 1 nitrogen and oxygen atoms in total. The van der Waals surface area contributed by atoms with Gasteiger partial charge in [0.15, 0.2) is 8.32 Å². The number of benzene rings is 1. The molecule has 2 heterocycles. The Morgan fingerprint density at radius 3 is 2.06 bits per heavy atom. The standard InChI is InChI=1S/C26H42OS4Si/c1-7-15-25(28-16-11-17-29-25)20-23(27-32(5,6)24(2,3)4)21-26(30-18-12-19-31-26)22-13-9-8-10-14-22/h7-10,13-14,23H,1,11-12,15-21H2,2-6H3/t23-/m1/s1. The number of hydrogen-bond acceptors (Lipinski definition) is 5. The first-order chi connectivity index (χ1) is 15.1. The smallest absolute Gasteiger partial charge is 0.192 e. The second-order valence-corrected chi connectivity index (χ2v) is 21.5. The van der Waals surface area contributed by atoms with Crippen LogP contribution in [0.3, 0.4) is 0 Å². The van der Waals surface area contributed by atoms with Gasteiger partial charge in [-0.15, -0.1) is 53.6 Å². The molecule has 0 radical (unpaired) electrons. The molecule has 32 heavy (non-hydrogen) atoms. The average molecular weight is 527 g/mol. The van der Waals surface area contributed by atoms with Crippen molar-refractivity contribution in [1.82, 2.24) is 0 Å².